The molecule has 0 aliphatic heterocycles. The monoisotopic (exact) mass is 394 g/mol. The topological polar surface area (TPSA) is 48.0 Å². The number of nitrogens with zero attached hydrogens (tertiary/aromatic N) is 1. The highest BCUT2D eigenvalue weighted by Crippen LogP contribution is 2.34. The van der Waals surface area contributed by atoms with Crippen LogP contribution in [0.3, 0.4) is 0 Å². The van der Waals surface area contributed by atoms with E-state index in [1.807, 2.05) is 37.3 Å². The summed E-state index contributed by atoms with van der Waals surface area (Å²) in [6.07, 6.45) is 3.98. The lowest BCUT2D eigenvalue weighted by molar-refractivity contribution is 0.1000. The van der Waals surface area contributed by atoms with Gasteiger partial charge in [-0.2, -0.15) is 0 Å². The predicted molar refractivity (Wildman–Crippen MR) is 117 cm³/mol. The van der Waals surface area contributed by atoms with Gasteiger partial charge in [-0.25, -0.2) is 0 Å². The molecule has 3 aromatic rings. The summed E-state index contributed by atoms with van der Waals surface area (Å²) in [6, 6.07) is 18.1. The highest BCUT2D eigenvalue weighted by Gasteiger charge is 2.24. The van der Waals surface area contributed by atoms with Crippen LogP contribution in [0.1, 0.15) is 47.1 Å². The number of nitrogens with two attached hydrogens (primary N) is 1. The molecule has 0 unspecified atom stereocenters. The summed E-state index contributed by atoms with van der Waals surface area (Å²) < 4.78 is 2.28. The van der Waals surface area contributed by atoms with Crippen LogP contribution in [0.15, 0.2) is 54.6 Å². The fourth-order valence-corrected chi connectivity index (χ4v) is 3.94. The van der Waals surface area contributed by atoms with Gasteiger partial charge in [-0.05, 0) is 49.4 Å². The number of carbonyl (C=O) groups is 1. The molecule has 0 bridgehead atoms. The summed E-state index contributed by atoms with van der Waals surface area (Å²) in [5.41, 5.74) is 11.8. The van der Waals surface area contributed by atoms with Crippen LogP contribution >= 0.6 is 11.6 Å². The van der Waals surface area contributed by atoms with Crippen molar-refractivity contribution in [2.45, 2.75) is 46.1 Å². The minimum Gasteiger partial charge on any atom is -0.366 e. The number of aryl methyl sites for hydroxylation is 1. The number of carbonyl (C=O) groups excluding carboxylic acids is 1. The maximum Gasteiger partial charge on any atom is 0.251 e. The maximum absolute atomic E-state index is 12.4. The molecule has 3 rings (SSSR count). The molecule has 3 nitrogen and oxygen atoms in total. The third kappa shape index (κ3) is 4.31. The van der Waals surface area contributed by atoms with E-state index in [2.05, 4.69) is 35.8 Å². The predicted octanol–water partition coefficient (Wildman–Crippen LogP) is 5.80. The van der Waals surface area contributed by atoms with E-state index in [9.17, 15) is 4.79 Å². The van der Waals surface area contributed by atoms with E-state index in [0.717, 1.165) is 49.0 Å². The van der Waals surface area contributed by atoms with Gasteiger partial charge in [0.15, 0.2) is 0 Å². The van der Waals surface area contributed by atoms with Crippen molar-refractivity contribution in [1.82, 2.24) is 4.57 Å². The molecular formula is C24H27ClN2O. The van der Waals surface area contributed by atoms with E-state index in [0.29, 0.717) is 10.6 Å². The zero-order valence-corrected chi connectivity index (χ0v) is 17.3. The summed E-state index contributed by atoms with van der Waals surface area (Å²) in [4.78, 5) is 12.4. The molecule has 0 saturated heterocycles. The van der Waals surface area contributed by atoms with E-state index < -0.39 is 0 Å². The Morgan fingerprint density at radius 2 is 1.71 bits per heavy atom. The van der Waals surface area contributed by atoms with Crippen LogP contribution in [0.4, 0.5) is 0 Å². The summed E-state index contributed by atoms with van der Waals surface area (Å²) in [5, 5.41) is 0.680. The summed E-state index contributed by atoms with van der Waals surface area (Å²) in [6.45, 7) is 5.00. The van der Waals surface area contributed by atoms with Crippen LogP contribution in [0.25, 0.3) is 11.1 Å². The molecule has 28 heavy (non-hydrogen) atoms. The molecular weight excluding hydrogens is 368 g/mol. The van der Waals surface area contributed by atoms with Gasteiger partial charge in [0.05, 0.1) is 5.56 Å². The van der Waals surface area contributed by atoms with E-state index in [-0.39, 0.29) is 5.91 Å². The zero-order chi connectivity index (χ0) is 20.1. The standard InChI is InChI=1S/C24H27ClN2O/c1-3-4-10-21-23(19-11-13-20(25)14-12-19)22(24(26)28)17(2)27(21)16-15-18-8-6-5-7-9-18/h5-9,11-14H,3-4,10,15-16H2,1-2H3,(H2,26,28). The minimum absolute atomic E-state index is 0.376. The van der Waals surface area contributed by atoms with Crippen molar-refractivity contribution in [3.05, 3.63) is 82.1 Å². The first-order valence-electron chi connectivity index (χ1n) is 9.84. The molecule has 2 aromatic carbocycles. The van der Waals surface area contributed by atoms with Crippen molar-refractivity contribution >= 4 is 17.5 Å². The van der Waals surface area contributed by atoms with Crippen LogP contribution in [0, 0.1) is 6.92 Å². The Morgan fingerprint density at radius 1 is 1.04 bits per heavy atom. The average molecular weight is 395 g/mol. The van der Waals surface area contributed by atoms with Crippen LogP contribution in [-0.4, -0.2) is 10.5 Å². The molecule has 1 aromatic heterocycles. The van der Waals surface area contributed by atoms with Gasteiger partial charge >= 0.3 is 0 Å². The second kappa shape index (κ2) is 9.11. The fraction of sp³-hybridized carbons (Fsp3) is 0.292. The summed E-state index contributed by atoms with van der Waals surface area (Å²) >= 11 is 6.08. The Morgan fingerprint density at radius 3 is 2.32 bits per heavy atom. The fourth-order valence-electron chi connectivity index (χ4n) is 3.82. The third-order valence-corrected chi connectivity index (χ3v) is 5.50. The van der Waals surface area contributed by atoms with Crippen molar-refractivity contribution in [1.29, 1.82) is 0 Å². The second-order valence-electron chi connectivity index (χ2n) is 7.14. The number of benzene rings is 2. The number of hydrogen-bond donors (Lipinski definition) is 1. The molecule has 0 atom stereocenters. The van der Waals surface area contributed by atoms with Crippen molar-refractivity contribution in [3.63, 3.8) is 0 Å². The first-order valence-corrected chi connectivity index (χ1v) is 10.2. The number of primary amides is 1. The number of halogens is 1. The van der Waals surface area contributed by atoms with Gasteiger partial charge in [0.25, 0.3) is 5.91 Å². The van der Waals surface area contributed by atoms with E-state index in [1.54, 1.807) is 0 Å². The summed E-state index contributed by atoms with van der Waals surface area (Å²) in [5.74, 6) is -0.376. The second-order valence-corrected chi connectivity index (χ2v) is 7.58. The van der Waals surface area contributed by atoms with Gasteiger partial charge in [-0.1, -0.05) is 67.4 Å². The Balaban J connectivity index is 2.10. The Kier molecular flexibility index (Phi) is 6.58. The van der Waals surface area contributed by atoms with Gasteiger partial charge < -0.3 is 10.3 Å². The first kappa shape index (κ1) is 20.2. The summed E-state index contributed by atoms with van der Waals surface area (Å²) in [7, 11) is 0. The largest absolute Gasteiger partial charge is 0.366 e. The molecule has 0 aliphatic carbocycles. The lowest BCUT2D eigenvalue weighted by Crippen LogP contribution is -2.14. The van der Waals surface area contributed by atoms with Gasteiger partial charge in [0.2, 0.25) is 0 Å². The highest BCUT2D eigenvalue weighted by atomic mass is 35.5. The van der Waals surface area contributed by atoms with Gasteiger partial charge in [0.1, 0.15) is 0 Å². The van der Waals surface area contributed by atoms with E-state index in [1.165, 1.54) is 11.3 Å². The number of rotatable bonds is 8. The lowest BCUT2D eigenvalue weighted by Gasteiger charge is -2.13. The first-order chi connectivity index (χ1) is 13.5. The Hall–Kier alpha value is -2.52. The molecule has 146 valence electrons. The quantitative estimate of drug-likeness (QED) is 0.515. The SMILES string of the molecule is CCCCc1c(-c2ccc(Cl)cc2)c(C(N)=O)c(C)n1CCc1ccccc1. The molecule has 0 radical (unpaired) electrons. The van der Waals surface area contributed by atoms with Crippen molar-refractivity contribution in [3.8, 4) is 11.1 Å². The van der Waals surface area contributed by atoms with E-state index >= 15 is 0 Å². The highest BCUT2D eigenvalue weighted by molar-refractivity contribution is 6.30. The number of unbranched alkanes of at least 4 members (excludes halogenated alkanes) is 1. The molecule has 1 heterocycles. The van der Waals surface area contributed by atoms with Crippen LogP contribution in [-0.2, 0) is 19.4 Å². The normalized spacial score (nSPS) is 11.0. The molecule has 2 N–H and O–H groups in total. The van der Waals surface area contributed by atoms with Crippen LogP contribution < -0.4 is 5.73 Å². The van der Waals surface area contributed by atoms with Gasteiger partial charge in [-0.15, -0.1) is 0 Å². The number of amides is 1. The molecule has 0 fully saturated rings. The molecule has 0 aliphatic rings. The Labute approximate surface area is 172 Å². The van der Waals surface area contributed by atoms with Crippen molar-refractivity contribution < 1.29 is 4.79 Å². The van der Waals surface area contributed by atoms with Crippen molar-refractivity contribution in [2.75, 3.05) is 0 Å². The maximum atomic E-state index is 12.4. The Bertz CT molecular complexity index is 943. The number of aromatic nitrogens is 1. The minimum atomic E-state index is -0.376. The van der Waals surface area contributed by atoms with Gasteiger partial charge in [-0.3, -0.25) is 4.79 Å². The van der Waals surface area contributed by atoms with Crippen LogP contribution in [0.2, 0.25) is 5.02 Å². The molecule has 0 saturated carbocycles. The van der Waals surface area contributed by atoms with Gasteiger partial charge in [0, 0.05) is 28.5 Å². The average Bonchev–Trinajstić information content (AvgIpc) is 2.97. The molecule has 1 amide bonds. The lowest BCUT2D eigenvalue weighted by atomic mass is 9.97. The third-order valence-electron chi connectivity index (χ3n) is 5.24. The zero-order valence-electron chi connectivity index (χ0n) is 16.5. The number of hydrogen-bond acceptors (Lipinski definition) is 1. The van der Waals surface area contributed by atoms with Crippen LogP contribution in [0.5, 0.6) is 0 Å². The van der Waals surface area contributed by atoms with Crippen molar-refractivity contribution in [2.24, 2.45) is 5.73 Å². The van der Waals surface area contributed by atoms with E-state index in [4.69, 9.17) is 17.3 Å². The smallest absolute Gasteiger partial charge is 0.251 e. The molecule has 4 heteroatoms. The molecule has 0 spiro atoms.